The van der Waals surface area contributed by atoms with Crippen molar-refractivity contribution in [3.05, 3.63) is 70.4 Å². The van der Waals surface area contributed by atoms with E-state index < -0.39 is 0 Å². The average Bonchev–Trinajstić information content (AvgIpc) is 2.63. The van der Waals surface area contributed by atoms with Gasteiger partial charge in [0.05, 0.1) is 18.7 Å². The van der Waals surface area contributed by atoms with Crippen LogP contribution in [0.1, 0.15) is 32.8 Å². The van der Waals surface area contributed by atoms with Crippen LogP contribution in [0.4, 0.5) is 5.69 Å². The highest BCUT2D eigenvalue weighted by Crippen LogP contribution is 2.26. The van der Waals surface area contributed by atoms with Crippen LogP contribution in [0.2, 0.25) is 0 Å². The van der Waals surface area contributed by atoms with Gasteiger partial charge in [-0.25, -0.2) is 10.1 Å². The maximum atomic E-state index is 9.06. The number of rotatable bonds is 5. The molecule has 1 aliphatic rings. The van der Waals surface area contributed by atoms with E-state index in [9.17, 15) is 0 Å². The van der Waals surface area contributed by atoms with Crippen molar-refractivity contribution in [3.8, 4) is 6.07 Å². The molecule has 0 spiro atoms. The summed E-state index contributed by atoms with van der Waals surface area (Å²) in [4.78, 5) is 5.60. The number of hydrogen-bond donors (Lipinski definition) is 0. The molecule has 0 amide bonds. The molecule has 128 valence electrons. The van der Waals surface area contributed by atoms with Crippen LogP contribution in [0.3, 0.4) is 0 Å². The van der Waals surface area contributed by atoms with Gasteiger partial charge in [0.1, 0.15) is 5.76 Å². The van der Waals surface area contributed by atoms with E-state index in [2.05, 4.69) is 47.9 Å². The van der Waals surface area contributed by atoms with Crippen LogP contribution in [0.15, 0.2) is 53.4 Å². The lowest BCUT2D eigenvalue weighted by atomic mass is 10.0. The molecular weight excluding hydrogens is 310 g/mol. The van der Waals surface area contributed by atoms with Gasteiger partial charge in [-0.1, -0.05) is 18.2 Å². The monoisotopic (exact) mass is 333 g/mol. The van der Waals surface area contributed by atoms with E-state index in [-0.39, 0.29) is 11.8 Å². The Morgan fingerprint density at radius 1 is 1.32 bits per heavy atom. The minimum atomic E-state index is -0.0465. The number of nitrogens with zero attached hydrogens (tertiary/aromatic N) is 3. The van der Waals surface area contributed by atoms with E-state index in [0.29, 0.717) is 12.2 Å². The normalized spacial score (nSPS) is 18.8. The summed E-state index contributed by atoms with van der Waals surface area (Å²) in [7, 11) is 0. The van der Waals surface area contributed by atoms with Gasteiger partial charge in [-0.05, 0) is 56.2 Å². The maximum Gasteiger partial charge on any atom is 0.265 e. The Morgan fingerprint density at radius 3 is 2.56 bits per heavy atom. The van der Waals surface area contributed by atoms with E-state index in [4.69, 9.17) is 16.6 Å². The van der Waals surface area contributed by atoms with Crippen LogP contribution < -0.4 is 4.90 Å². The fourth-order valence-corrected chi connectivity index (χ4v) is 2.83. The SMILES string of the molecule is [C-]#[N+]C(C#N)=C1C=C(C=Cc2ccc(N(CC)CC)cc2)OC(C)C1. The number of nitriles is 1. The summed E-state index contributed by atoms with van der Waals surface area (Å²) in [6, 6.07) is 10.3. The quantitative estimate of drug-likeness (QED) is 0.566. The summed E-state index contributed by atoms with van der Waals surface area (Å²) >= 11 is 0. The van der Waals surface area contributed by atoms with Gasteiger partial charge in [-0.15, -0.1) is 0 Å². The van der Waals surface area contributed by atoms with Gasteiger partial charge >= 0.3 is 0 Å². The van der Waals surface area contributed by atoms with Crippen molar-refractivity contribution in [1.82, 2.24) is 0 Å². The Bertz CT molecular complexity index is 753. The summed E-state index contributed by atoms with van der Waals surface area (Å²) in [6.45, 7) is 15.3. The first-order chi connectivity index (χ1) is 12.1. The minimum Gasteiger partial charge on any atom is -0.490 e. The van der Waals surface area contributed by atoms with Gasteiger partial charge in [0.25, 0.3) is 5.70 Å². The van der Waals surface area contributed by atoms with Crippen LogP contribution in [0.5, 0.6) is 0 Å². The zero-order valence-corrected chi connectivity index (χ0v) is 15.0. The van der Waals surface area contributed by atoms with Crippen LogP contribution in [0.25, 0.3) is 10.9 Å². The molecular formula is C21H23N3O. The molecule has 0 radical (unpaired) electrons. The smallest absolute Gasteiger partial charge is 0.265 e. The second-order valence-corrected chi connectivity index (χ2v) is 5.87. The number of benzene rings is 1. The van der Waals surface area contributed by atoms with Gasteiger partial charge in [0.2, 0.25) is 0 Å². The fourth-order valence-electron chi connectivity index (χ4n) is 2.83. The zero-order valence-electron chi connectivity index (χ0n) is 15.0. The minimum absolute atomic E-state index is 0.0465. The number of anilines is 1. The molecule has 0 bridgehead atoms. The molecule has 1 heterocycles. The molecule has 1 unspecified atom stereocenters. The third-order valence-corrected chi connectivity index (χ3v) is 4.14. The first-order valence-electron chi connectivity index (χ1n) is 8.53. The van der Waals surface area contributed by atoms with Crippen LogP contribution >= 0.6 is 0 Å². The van der Waals surface area contributed by atoms with Crippen molar-refractivity contribution in [2.45, 2.75) is 33.3 Å². The van der Waals surface area contributed by atoms with Gasteiger partial charge in [-0.2, -0.15) is 0 Å². The van der Waals surface area contributed by atoms with Crippen molar-refractivity contribution < 1.29 is 4.74 Å². The first kappa shape index (κ1) is 18.4. The number of ether oxygens (including phenoxy) is 1. The third kappa shape index (κ3) is 4.75. The largest absolute Gasteiger partial charge is 0.490 e. The Balaban J connectivity index is 2.19. The molecule has 0 aromatic heterocycles. The molecule has 1 aromatic carbocycles. The molecule has 0 fully saturated rings. The van der Waals surface area contributed by atoms with Crippen molar-refractivity contribution in [2.24, 2.45) is 0 Å². The van der Waals surface area contributed by atoms with Crippen LogP contribution in [-0.2, 0) is 4.74 Å². The standard InChI is InChI=1S/C21H23N3O/c1-5-24(6-2)19-10-7-17(8-11-19)9-12-20-14-18(13-16(3)25-20)21(15-22)23-4/h7-12,14,16H,5-6,13H2,1-3H3. The molecule has 4 heteroatoms. The highest BCUT2D eigenvalue weighted by molar-refractivity contribution is 5.58. The summed E-state index contributed by atoms with van der Waals surface area (Å²) in [5, 5.41) is 9.06. The zero-order chi connectivity index (χ0) is 18.2. The molecule has 1 atom stereocenters. The van der Waals surface area contributed by atoms with Gasteiger partial charge in [0, 0.05) is 25.2 Å². The number of hydrogen-bond acceptors (Lipinski definition) is 3. The van der Waals surface area contributed by atoms with Gasteiger partial charge in [0.15, 0.2) is 0 Å². The molecule has 1 aliphatic heterocycles. The molecule has 1 aromatic rings. The summed E-state index contributed by atoms with van der Waals surface area (Å²) in [5.41, 5.74) is 3.18. The molecule has 0 N–H and O–H groups in total. The average molecular weight is 333 g/mol. The van der Waals surface area contributed by atoms with E-state index >= 15 is 0 Å². The van der Waals surface area contributed by atoms with E-state index in [1.165, 1.54) is 5.69 Å². The third-order valence-electron chi connectivity index (χ3n) is 4.14. The Kier molecular flexibility index (Phi) is 6.43. The fraction of sp³-hybridized carbons (Fsp3) is 0.333. The van der Waals surface area contributed by atoms with E-state index in [1.54, 1.807) is 6.08 Å². The second-order valence-electron chi connectivity index (χ2n) is 5.87. The topological polar surface area (TPSA) is 40.6 Å². The highest BCUT2D eigenvalue weighted by Gasteiger charge is 2.17. The lowest BCUT2D eigenvalue weighted by molar-refractivity contribution is 0.133. The Hall–Kier alpha value is -2.98. The van der Waals surface area contributed by atoms with E-state index in [1.807, 2.05) is 25.1 Å². The predicted octanol–water partition coefficient (Wildman–Crippen LogP) is 4.94. The molecule has 0 saturated heterocycles. The van der Waals surface area contributed by atoms with Crippen LogP contribution in [0, 0.1) is 17.9 Å². The molecule has 25 heavy (non-hydrogen) atoms. The summed E-state index contributed by atoms with van der Waals surface area (Å²) in [6.07, 6.45) is 6.20. The van der Waals surface area contributed by atoms with Gasteiger partial charge < -0.3 is 9.64 Å². The van der Waals surface area contributed by atoms with Crippen molar-refractivity contribution in [2.75, 3.05) is 18.0 Å². The van der Waals surface area contributed by atoms with E-state index in [0.717, 1.165) is 24.2 Å². The predicted molar refractivity (Wildman–Crippen MR) is 102 cm³/mol. The summed E-state index contributed by atoms with van der Waals surface area (Å²) < 4.78 is 5.79. The Labute approximate surface area is 150 Å². The highest BCUT2D eigenvalue weighted by atomic mass is 16.5. The van der Waals surface area contributed by atoms with Crippen molar-refractivity contribution in [1.29, 1.82) is 5.26 Å². The second kappa shape index (κ2) is 8.76. The lowest BCUT2D eigenvalue weighted by Crippen LogP contribution is -2.21. The lowest BCUT2D eigenvalue weighted by Gasteiger charge is -2.22. The van der Waals surface area contributed by atoms with Crippen molar-refractivity contribution >= 4 is 11.8 Å². The van der Waals surface area contributed by atoms with Crippen LogP contribution in [-0.4, -0.2) is 19.2 Å². The molecule has 2 rings (SSSR count). The molecule has 4 nitrogen and oxygen atoms in total. The Morgan fingerprint density at radius 2 is 2.00 bits per heavy atom. The first-order valence-corrected chi connectivity index (χ1v) is 8.53. The molecule has 0 saturated carbocycles. The molecule has 0 aliphatic carbocycles. The number of allylic oxidation sites excluding steroid dienone is 3. The van der Waals surface area contributed by atoms with Crippen molar-refractivity contribution in [3.63, 3.8) is 0 Å². The van der Waals surface area contributed by atoms with Gasteiger partial charge in [-0.3, -0.25) is 0 Å². The maximum absolute atomic E-state index is 9.06. The summed E-state index contributed by atoms with van der Waals surface area (Å²) in [5.74, 6) is 0.679.